The van der Waals surface area contributed by atoms with Gasteiger partial charge in [0.1, 0.15) is 19.0 Å². The van der Waals surface area contributed by atoms with E-state index < -0.39 is 0 Å². The first-order valence-electron chi connectivity index (χ1n) is 6.76. The molecule has 21 heavy (non-hydrogen) atoms. The van der Waals surface area contributed by atoms with Crippen molar-refractivity contribution in [3.8, 4) is 5.75 Å². The molecule has 106 valence electrons. The van der Waals surface area contributed by atoms with Gasteiger partial charge < -0.3 is 9.57 Å². The number of aromatic nitrogens is 1. The van der Waals surface area contributed by atoms with Crippen LogP contribution in [0, 0.1) is 0 Å². The van der Waals surface area contributed by atoms with Crippen LogP contribution in [0.5, 0.6) is 5.75 Å². The molecule has 3 aromatic rings. The van der Waals surface area contributed by atoms with Crippen LogP contribution in [0.25, 0.3) is 10.9 Å². The molecular weight excluding hydrogens is 266 g/mol. The fourth-order valence-electron chi connectivity index (χ4n) is 2.10. The van der Waals surface area contributed by atoms with E-state index in [4.69, 9.17) is 9.57 Å². The quantitative estimate of drug-likeness (QED) is 0.675. The Morgan fingerprint density at radius 2 is 1.62 bits per heavy atom. The summed E-state index contributed by atoms with van der Waals surface area (Å²) in [5.74, 6) is 0.811. The molecule has 0 spiro atoms. The first-order valence-corrected chi connectivity index (χ1v) is 6.76. The van der Waals surface area contributed by atoms with Gasteiger partial charge in [-0.15, -0.1) is 0 Å². The van der Waals surface area contributed by atoms with Gasteiger partial charge in [-0.05, 0) is 24.3 Å². The average Bonchev–Trinajstić information content (AvgIpc) is 2.55. The number of hydrogen-bond donors (Lipinski definition) is 0. The summed E-state index contributed by atoms with van der Waals surface area (Å²) in [6.45, 7) is 0.826. The SMILES string of the molecule is O=c1ccn(OCCOc2ccccc2)c2ccccc12. The van der Waals surface area contributed by atoms with Crippen LogP contribution in [0.15, 0.2) is 71.7 Å². The number of hydrogen-bond acceptors (Lipinski definition) is 3. The summed E-state index contributed by atoms with van der Waals surface area (Å²) < 4.78 is 7.17. The lowest BCUT2D eigenvalue weighted by Gasteiger charge is -2.12. The van der Waals surface area contributed by atoms with Crippen LogP contribution in [0.2, 0.25) is 0 Å². The lowest BCUT2D eigenvalue weighted by molar-refractivity contribution is 0.0891. The molecular formula is C17H15NO3. The Morgan fingerprint density at radius 1 is 0.857 bits per heavy atom. The van der Waals surface area contributed by atoms with Crippen molar-refractivity contribution in [1.82, 2.24) is 4.73 Å². The van der Waals surface area contributed by atoms with E-state index in [0.717, 1.165) is 11.3 Å². The van der Waals surface area contributed by atoms with Crippen LogP contribution in [0.4, 0.5) is 0 Å². The van der Waals surface area contributed by atoms with Crippen LogP contribution in [0.1, 0.15) is 0 Å². The molecule has 0 aliphatic heterocycles. The molecule has 0 N–H and O–H groups in total. The average molecular weight is 281 g/mol. The van der Waals surface area contributed by atoms with Gasteiger partial charge in [0, 0.05) is 17.6 Å². The Hall–Kier alpha value is -2.75. The van der Waals surface area contributed by atoms with Crippen molar-refractivity contribution in [2.75, 3.05) is 13.2 Å². The molecule has 0 radical (unpaired) electrons. The molecule has 0 unspecified atom stereocenters. The number of pyridine rings is 1. The molecule has 0 atom stereocenters. The highest BCUT2D eigenvalue weighted by atomic mass is 16.7. The normalized spacial score (nSPS) is 10.5. The van der Waals surface area contributed by atoms with E-state index in [1.165, 1.54) is 6.07 Å². The largest absolute Gasteiger partial charge is 0.490 e. The molecule has 0 fully saturated rings. The molecule has 1 aromatic heterocycles. The lowest BCUT2D eigenvalue weighted by atomic mass is 10.2. The highest BCUT2D eigenvalue weighted by Crippen LogP contribution is 2.09. The minimum absolute atomic E-state index is 0.00835. The van der Waals surface area contributed by atoms with E-state index in [-0.39, 0.29) is 5.43 Å². The second-order valence-corrected chi connectivity index (χ2v) is 4.52. The van der Waals surface area contributed by atoms with E-state index in [9.17, 15) is 4.79 Å². The van der Waals surface area contributed by atoms with Crippen molar-refractivity contribution in [1.29, 1.82) is 0 Å². The maximum absolute atomic E-state index is 11.8. The summed E-state index contributed by atoms with van der Waals surface area (Å²) in [6, 6.07) is 18.4. The number of nitrogens with zero attached hydrogens (tertiary/aromatic N) is 1. The van der Waals surface area contributed by atoms with E-state index in [1.54, 1.807) is 17.0 Å². The second kappa shape index (κ2) is 6.13. The minimum atomic E-state index is -0.00835. The number of rotatable bonds is 5. The molecule has 3 rings (SSSR count). The van der Waals surface area contributed by atoms with E-state index >= 15 is 0 Å². The highest BCUT2D eigenvalue weighted by molar-refractivity contribution is 5.78. The summed E-state index contributed by atoms with van der Waals surface area (Å²) >= 11 is 0. The van der Waals surface area contributed by atoms with Gasteiger partial charge in [0.05, 0.1) is 5.52 Å². The Bertz CT molecular complexity index is 781. The smallest absolute Gasteiger partial charge is 0.189 e. The first kappa shape index (κ1) is 13.2. The van der Waals surface area contributed by atoms with Gasteiger partial charge in [-0.2, -0.15) is 4.73 Å². The summed E-state index contributed by atoms with van der Waals surface area (Å²) in [5, 5.41) is 0.643. The van der Waals surface area contributed by atoms with Gasteiger partial charge in [0.2, 0.25) is 0 Å². The Kier molecular flexibility index (Phi) is 3.87. The summed E-state index contributed by atoms with van der Waals surface area (Å²) in [6.07, 6.45) is 1.63. The van der Waals surface area contributed by atoms with Crippen molar-refractivity contribution in [3.63, 3.8) is 0 Å². The lowest BCUT2D eigenvalue weighted by Crippen LogP contribution is -2.20. The van der Waals surface area contributed by atoms with Crippen molar-refractivity contribution in [2.24, 2.45) is 0 Å². The van der Waals surface area contributed by atoms with Gasteiger partial charge >= 0.3 is 0 Å². The zero-order valence-electron chi connectivity index (χ0n) is 11.4. The summed E-state index contributed by atoms with van der Waals surface area (Å²) in [7, 11) is 0. The Labute approximate surface area is 122 Å². The van der Waals surface area contributed by atoms with Gasteiger partial charge in [-0.25, -0.2) is 0 Å². The molecule has 4 heteroatoms. The number of benzene rings is 2. The second-order valence-electron chi connectivity index (χ2n) is 4.52. The molecule has 0 aliphatic rings. The number of para-hydroxylation sites is 2. The zero-order valence-corrected chi connectivity index (χ0v) is 11.4. The van der Waals surface area contributed by atoms with E-state index in [1.807, 2.05) is 48.5 Å². The standard InChI is InChI=1S/C17H15NO3/c19-17-10-11-18(16-9-5-4-8-15(16)17)21-13-12-20-14-6-2-1-3-7-14/h1-11H,12-13H2. The highest BCUT2D eigenvalue weighted by Gasteiger charge is 2.02. The first-order chi connectivity index (χ1) is 10.3. The molecule has 0 amide bonds. The minimum Gasteiger partial charge on any atom is -0.490 e. The molecule has 2 aromatic carbocycles. The van der Waals surface area contributed by atoms with Crippen molar-refractivity contribution >= 4 is 10.9 Å². The molecule has 4 nitrogen and oxygen atoms in total. The topological polar surface area (TPSA) is 40.5 Å². The van der Waals surface area contributed by atoms with Crippen molar-refractivity contribution in [2.45, 2.75) is 0 Å². The zero-order chi connectivity index (χ0) is 14.5. The number of ether oxygens (including phenoxy) is 1. The molecule has 0 saturated heterocycles. The van der Waals surface area contributed by atoms with Crippen LogP contribution >= 0.6 is 0 Å². The Morgan fingerprint density at radius 3 is 2.48 bits per heavy atom. The third-order valence-electron chi connectivity index (χ3n) is 3.09. The molecule has 0 saturated carbocycles. The fraction of sp³-hybridized carbons (Fsp3) is 0.118. The maximum atomic E-state index is 11.8. The predicted molar refractivity (Wildman–Crippen MR) is 81.6 cm³/mol. The van der Waals surface area contributed by atoms with E-state index in [0.29, 0.717) is 18.6 Å². The Balaban J connectivity index is 1.66. The van der Waals surface area contributed by atoms with Gasteiger partial charge in [-0.1, -0.05) is 30.3 Å². The van der Waals surface area contributed by atoms with Crippen molar-refractivity contribution < 1.29 is 9.57 Å². The molecule has 0 bridgehead atoms. The molecule has 0 aliphatic carbocycles. The monoisotopic (exact) mass is 281 g/mol. The van der Waals surface area contributed by atoms with Crippen LogP contribution in [0.3, 0.4) is 0 Å². The molecule has 1 heterocycles. The summed E-state index contributed by atoms with van der Waals surface area (Å²) in [4.78, 5) is 17.4. The number of fused-ring (bicyclic) bond motifs is 1. The maximum Gasteiger partial charge on any atom is 0.189 e. The van der Waals surface area contributed by atoms with E-state index in [2.05, 4.69) is 0 Å². The predicted octanol–water partition coefficient (Wildman–Crippen LogP) is 2.51. The van der Waals surface area contributed by atoms with Gasteiger partial charge in [0.25, 0.3) is 0 Å². The fourth-order valence-corrected chi connectivity index (χ4v) is 2.10. The van der Waals surface area contributed by atoms with Crippen LogP contribution < -0.4 is 15.0 Å². The van der Waals surface area contributed by atoms with Gasteiger partial charge in [-0.3, -0.25) is 4.79 Å². The van der Waals surface area contributed by atoms with Crippen LogP contribution in [-0.4, -0.2) is 17.9 Å². The van der Waals surface area contributed by atoms with Gasteiger partial charge in [0.15, 0.2) is 5.43 Å². The third kappa shape index (κ3) is 3.05. The van der Waals surface area contributed by atoms with Crippen molar-refractivity contribution in [3.05, 3.63) is 77.1 Å². The van der Waals surface area contributed by atoms with Crippen LogP contribution in [-0.2, 0) is 0 Å². The summed E-state index contributed by atoms with van der Waals surface area (Å²) in [5.41, 5.74) is 0.746. The third-order valence-corrected chi connectivity index (χ3v) is 3.09.